The molecule has 0 saturated carbocycles. The first-order chi connectivity index (χ1) is 9.30. The van der Waals surface area contributed by atoms with Crippen molar-refractivity contribution in [3.63, 3.8) is 0 Å². The molecular formula is C13H20N4O3. The summed E-state index contributed by atoms with van der Waals surface area (Å²) < 4.78 is 0. The number of carbonyl (C=O) groups is 1. The summed E-state index contributed by atoms with van der Waals surface area (Å²) in [6, 6.07) is 4.23. The summed E-state index contributed by atoms with van der Waals surface area (Å²) in [5, 5.41) is 16.7. The molecule has 0 bridgehead atoms. The van der Waals surface area contributed by atoms with E-state index < -0.39 is 10.5 Å². The van der Waals surface area contributed by atoms with Crippen LogP contribution in [0.4, 0.5) is 11.4 Å². The Morgan fingerprint density at radius 3 is 2.60 bits per heavy atom. The van der Waals surface area contributed by atoms with Crippen LogP contribution in [-0.4, -0.2) is 29.5 Å². The van der Waals surface area contributed by atoms with E-state index in [2.05, 4.69) is 10.6 Å². The van der Waals surface area contributed by atoms with E-state index in [4.69, 9.17) is 5.73 Å². The van der Waals surface area contributed by atoms with E-state index in [9.17, 15) is 14.9 Å². The van der Waals surface area contributed by atoms with E-state index in [-0.39, 0.29) is 17.3 Å². The van der Waals surface area contributed by atoms with E-state index in [1.54, 1.807) is 6.92 Å². The van der Waals surface area contributed by atoms with Crippen LogP contribution in [-0.2, 0) is 0 Å². The normalized spacial score (nSPS) is 11.0. The van der Waals surface area contributed by atoms with Crippen LogP contribution in [0.25, 0.3) is 0 Å². The fourth-order valence-electron chi connectivity index (χ4n) is 1.61. The standard InChI is InChI=1S/C13H20N4O3/c1-4-15-12(18)9-5-6-11(17(19)20)10(7-9)16-13(2,3)8-14/h5-7,16H,4,8,14H2,1-3H3,(H,15,18). The van der Waals surface area contributed by atoms with Crippen LogP contribution in [0.3, 0.4) is 0 Å². The number of amides is 1. The zero-order chi connectivity index (χ0) is 15.3. The molecule has 4 N–H and O–H groups in total. The summed E-state index contributed by atoms with van der Waals surface area (Å²) in [4.78, 5) is 22.3. The van der Waals surface area contributed by atoms with Gasteiger partial charge in [0, 0.05) is 30.3 Å². The lowest BCUT2D eigenvalue weighted by Gasteiger charge is -2.25. The average Bonchev–Trinajstić information content (AvgIpc) is 2.38. The van der Waals surface area contributed by atoms with Crippen LogP contribution in [0.1, 0.15) is 31.1 Å². The first-order valence-electron chi connectivity index (χ1n) is 6.35. The molecule has 0 unspecified atom stereocenters. The number of rotatable bonds is 6. The van der Waals surface area contributed by atoms with E-state index in [0.717, 1.165) is 0 Å². The van der Waals surface area contributed by atoms with Gasteiger partial charge in [0.05, 0.1) is 4.92 Å². The molecule has 0 atom stereocenters. The largest absolute Gasteiger partial charge is 0.373 e. The van der Waals surface area contributed by atoms with Gasteiger partial charge in [-0.15, -0.1) is 0 Å². The molecule has 0 fully saturated rings. The predicted octanol–water partition coefficient (Wildman–Crippen LogP) is 1.49. The van der Waals surface area contributed by atoms with Gasteiger partial charge in [0.15, 0.2) is 0 Å². The smallest absolute Gasteiger partial charge is 0.292 e. The molecule has 7 heteroatoms. The van der Waals surface area contributed by atoms with Crippen LogP contribution < -0.4 is 16.4 Å². The van der Waals surface area contributed by atoms with Crippen molar-refractivity contribution in [1.82, 2.24) is 5.32 Å². The fraction of sp³-hybridized carbons (Fsp3) is 0.462. The number of nitrogens with zero attached hydrogens (tertiary/aromatic N) is 1. The topological polar surface area (TPSA) is 110 Å². The maximum absolute atomic E-state index is 11.8. The minimum Gasteiger partial charge on any atom is -0.373 e. The summed E-state index contributed by atoms with van der Waals surface area (Å²) in [5.41, 5.74) is 5.68. The predicted molar refractivity (Wildman–Crippen MR) is 77.9 cm³/mol. The fourth-order valence-corrected chi connectivity index (χ4v) is 1.61. The van der Waals surface area contributed by atoms with Crippen LogP contribution in [0.5, 0.6) is 0 Å². The number of nitro benzene ring substituents is 1. The minimum absolute atomic E-state index is 0.0837. The molecule has 0 aliphatic rings. The van der Waals surface area contributed by atoms with Crippen LogP contribution in [0.2, 0.25) is 0 Å². The van der Waals surface area contributed by atoms with E-state index in [1.165, 1.54) is 18.2 Å². The van der Waals surface area contributed by atoms with Crippen LogP contribution in [0.15, 0.2) is 18.2 Å². The van der Waals surface area contributed by atoms with Gasteiger partial charge >= 0.3 is 0 Å². The molecule has 0 radical (unpaired) electrons. The lowest BCUT2D eigenvalue weighted by molar-refractivity contribution is -0.384. The highest BCUT2D eigenvalue weighted by molar-refractivity contribution is 5.95. The van der Waals surface area contributed by atoms with Gasteiger partial charge in [-0.25, -0.2) is 0 Å². The minimum atomic E-state index is -0.509. The number of nitro groups is 1. The molecule has 0 heterocycles. The molecule has 0 aliphatic carbocycles. The molecule has 1 aromatic carbocycles. The van der Waals surface area contributed by atoms with Gasteiger partial charge in [-0.3, -0.25) is 14.9 Å². The molecule has 1 amide bonds. The molecule has 0 aliphatic heterocycles. The highest BCUT2D eigenvalue weighted by Gasteiger charge is 2.22. The first-order valence-corrected chi connectivity index (χ1v) is 6.35. The van der Waals surface area contributed by atoms with Crippen molar-refractivity contribution in [3.05, 3.63) is 33.9 Å². The molecule has 1 rings (SSSR count). The van der Waals surface area contributed by atoms with Crippen LogP contribution >= 0.6 is 0 Å². The zero-order valence-corrected chi connectivity index (χ0v) is 11.9. The number of anilines is 1. The third-order valence-corrected chi connectivity index (χ3v) is 2.78. The van der Waals surface area contributed by atoms with Gasteiger partial charge in [-0.2, -0.15) is 0 Å². The number of nitrogens with two attached hydrogens (primary N) is 1. The Morgan fingerprint density at radius 2 is 2.10 bits per heavy atom. The molecule has 0 aromatic heterocycles. The number of hydrogen-bond acceptors (Lipinski definition) is 5. The Hall–Kier alpha value is -2.15. The highest BCUT2D eigenvalue weighted by atomic mass is 16.6. The van der Waals surface area contributed by atoms with Crippen molar-refractivity contribution >= 4 is 17.3 Å². The highest BCUT2D eigenvalue weighted by Crippen LogP contribution is 2.28. The van der Waals surface area contributed by atoms with Crippen molar-refractivity contribution in [2.24, 2.45) is 5.73 Å². The molecule has 1 aromatic rings. The molecule has 20 heavy (non-hydrogen) atoms. The Morgan fingerprint density at radius 1 is 1.45 bits per heavy atom. The SMILES string of the molecule is CCNC(=O)c1ccc([N+](=O)[O-])c(NC(C)(C)CN)c1. The Balaban J connectivity index is 3.19. The van der Waals surface area contributed by atoms with Crippen molar-refractivity contribution in [2.75, 3.05) is 18.4 Å². The summed E-state index contributed by atoms with van der Waals surface area (Å²) >= 11 is 0. The third-order valence-electron chi connectivity index (χ3n) is 2.78. The molecule has 0 saturated heterocycles. The average molecular weight is 280 g/mol. The Kier molecular flexibility index (Phi) is 5.04. The number of carbonyl (C=O) groups excluding carboxylic acids is 1. The maximum Gasteiger partial charge on any atom is 0.292 e. The second-order valence-corrected chi connectivity index (χ2v) is 5.06. The van der Waals surface area contributed by atoms with Crippen molar-refractivity contribution in [1.29, 1.82) is 0 Å². The first kappa shape index (κ1) is 15.9. The zero-order valence-electron chi connectivity index (χ0n) is 11.9. The number of nitrogens with one attached hydrogen (secondary N) is 2. The van der Waals surface area contributed by atoms with Crippen molar-refractivity contribution in [3.8, 4) is 0 Å². The summed E-state index contributed by atoms with van der Waals surface area (Å²) in [6.45, 7) is 6.26. The molecule has 7 nitrogen and oxygen atoms in total. The van der Waals surface area contributed by atoms with Gasteiger partial charge in [0.1, 0.15) is 5.69 Å². The summed E-state index contributed by atoms with van der Waals surface area (Å²) in [5.74, 6) is -0.268. The monoisotopic (exact) mass is 280 g/mol. The Bertz CT molecular complexity index is 514. The van der Waals surface area contributed by atoms with Gasteiger partial charge < -0.3 is 16.4 Å². The quantitative estimate of drug-likeness (QED) is 0.540. The van der Waals surface area contributed by atoms with Gasteiger partial charge in [-0.1, -0.05) is 0 Å². The number of hydrogen-bond donors (Lipinski definition) is 3. The van der Waals surface area contributed by atoms with Gasteiger partial charge in [0.2, 0.25) is 0 Å². The van der Waals surface area contributed by atoms with E-state index in [0.29, 0.717) is 18.7 Å². The van der Waals surface area contributed by atoms with Gasteiger partial charge in [-0.05, 0) is 32.9 Å². The molecular weight excluding hydrogens is 260 g/mol. The summed E-state index contributed by atoms with van der Waals surface area (Å²) in [6.07, 6.45) is 0. The second-order valence-electron chi connectivity index (χ2n) is 5.06. The maximum atomic E-state index is 11.8. The van der Waals surface area contributed by atoms with Crippen molar-refractivity contribution < 1.29 is 9.72 Å². The Labute approximate surface area is 117 Å². The third kappa shape index (κ3) is 3.92. The summed E-state index contributed by atoms with van der Waals surface area (Å²) in [7, 11) is 0. The second kappa shape index (κ2) is 6.33. The lowest BCUT2D eigenvalue weighted by atomic mass is 10.0. The molecule has 110 valence electrons. The lowest BCUT2D eigenvalue weighted by Crippen LogP contribution is -2.39. The van der Waals surface area contributed by atoms with Crippen LogP contribution in [0, 0.1) is 10.1 Å². The van der Waals surface area contributed by atoms with Gasteiger partial charge in [0.25, 0.3) is 11.6 Å². The van der Waals surface area contributed by atoms with Crippen molar-refractivity contribution in [2.45, 2.75) is 26.3 Å². The molecule has 0 spiro atoms. The number of benzene rings is 1. The van der Waals surface area contributed by atoms with E-state index in [1.807, 2.05) is 13.8 Å². The van der Waals surface area contributed by atoms with E-state index >= 15 is 0 Å².